The van der Waals surface area contributed by atoms with Crippen molar-refractivity contribution in [1.82, 2.24) is 19.7 Å². The maximum Gasteiger partial charge on any atom is 0.254 e. The molecule has 2 saturated heterocycles. The number of carbonyl (C=O) groups is 1. The number of carbonyl (C=O) groups excluding carboxylic acids is 1. The summed E-state index contributed by atoms with van der Waals surface area (Å²) >= 11 is 0. The largest absolute Gasteiger partial charge is 0.374 e. The fourth-order valence-corrected chi connectivity index (χ4v) is 4.13. The van der Waals surface area contributed by atoms with E-state index in [-0.39, 0.29) is 12.0 Å². The second-order valence-corrected chi connectivity index (χ2v) is 8.09. The molecule has 6 nitrogen and oxygen atoms in total. The van der Waals surface area contributed by atoms with Crippen molar-refractivity contribution in [1.29, 1.82) is 0 Å². The molecule has 4 rings (SSSR count). The van der Waals surface area contributed by atoms with E-state index >= 15 is 0 Å². The minimum Gasteiger partial charge on any atom is -0.374 e. The summed E-state index contributed by atoms with van der Waals surface area (Å²) in [5.41, 5.74) is 1.60. The minimum absolute atomic E-state index is 0.104. The first-order valence-corrected chi connectivity index (χ1v) is 10.3. The number of benzene rings is 1. The Balaban J connectivity index is 1.31. The summed E-state index contributed by atoms with van der Waals surface area (Å²) in [4.78, 5) is 24.2. The third kappa shape index (κ3) is 4.35. The van der Waals surface area contributed by atoms with Gasteiger partial charge in [-0.1, -0.05) is 12.1 Å². The van der Waals surface area contributed by atoms with Crippen LogP contribution in [0.15, 0.2) is 36.5 Å². The smallest absolute Gasteiger partial charge is 0.254 e. The van der Waals surface area contributed by atoms with Crippen LogP contribution in [0.5, 0.6) is 0 Å². The van der Waals surface area contributed by atoms with Crippen LogP contribution in [0.3, 0.4) is 0 Å². The zero-order valence-electron chi connectivity index (χ0n) is 16.9. The molecule has 0 bridgehead atoms. The summed E-state index contributed by atoms with van der Waals surface area (Å²) in [7, 11) is 0. The van der Waals surface area contributed by atoms with Crippen LogP contribution in [0.1, 0.15) is 24.2 Å². The molecule has 1 aromatic heterocycles. The van der Waals surface area contributed by atoms with E-state index in [1.165, 1.54) is 0 Å². The molecular weight excluding hydrogens is 352 g/mol. The highest BCUT2D eigenvalue weighted by Crippen LogP contribution is 2.17. The number of hydrogen-bond acceptors (Lipinski definition) is 5. The van der Waals surface area contributed by atoms with Gasteiger partial charge in [0.1, 0.15) is 0 Å². The zero-order valence-corrected chi connectivity index (χ0v) is 16.9. The lowest BCUT2D eigenvalue weighted by Gasteiger charge is -2.40. The monoisotopic (exact) mass is 382 g/mol. The molecule has 1 aromatic carbocycles. The first-order chi connectivity index (χ1) is 13.6. The average molecular weight is 383 g/mol. The van der Waals surface area contributed by atoms with Gasteiger partial charge in [-0.05, 0) is 32.0 Å². The Labute approximate surface area is 167 Å². The van der Waals surface area contributed by atoms with Crippen LogP contribution in [0, 0.1) is 0 Å². The lowest BCUT2D eigenvalue weighted by molar-refractivity contribution is -0.0555. The van der Waals surface area contributed by atoms with Crippen molar-refractivity contribution in [3.05, 3.63) is 42.1 Å². The Morgan fingerprint density at radius 3 is 2.79 bits per heavy atom. The molecule has 3 heterocycles. The SMILES string of the molecule is CC(C)N1CCOC(CN2CCN(C(=O)c3ccc4cccnc4c3)CC2)C1. The highest BCUT2D eigenvalue weighted by molar-refractivity contribution is 5.97. The van der Waals surface area contributed by atoms with Gasteiger partial charge in [0, 0.05) is 69.0 Å². The summed E-state index contributed by atoms with van der Waals surface area (Å²) in [5.74, 6) is 0.104. The molecule has 1 amide bonds. The van der Waals surface area contributed by atoms with Crippen molar-refractivity contribution in [2.75, 3.05) is 52.4 Å². The Bertz CT molecular complexity index is 817. The van der Waals surface area contributed by atoms with Crippen LogP contribution in [-0.2, 0) is 4.74 Å². The van der Waals surface area contributed by atoms with Gasteiger partial charge in [-0.25, -0.2) is 0 Å². The predicted molar refractivity (Wildman–Crippen MR) is 111 cm³/mol. The zero-order chi connectivity index (χ0) is 19.5. The molecule has 2 aliphatic heterocycles. The van der Waals surface area contributed by atoms with Gasteiger partial charge in [-0.15, -0.1) is 0 Å². The van der Waals surface area contributed by atoms with E-state index in [0.717, 1.165) is 68.9 Å². The van der Waals surface area contributed by atoms with Crippen molar-refractivity contribution in [3.8, 4) is 0 Å². The first-order valence-electron chi connectivity index (χ1n) is 10.3. The number of fused-ring (bicyclic) bond motifs is 1. The number of hydrogen-bond donors (Lipinski definition) is 0. The normalized spacial score (nSPS) is 22.1. The van der Waals surface area contributed by atoms with Crippen molar-refractivity contribution < 1.29 is 9.53 Å². The Kier molecular flexibility index (Phi) is 5.90. The van der Waals surface area contributed by atoms with E-state index in [2.05, 4.69) is 28.6 Å². The lowest BCUT2D eigenvalue weighted by Crippen LogP contribution is -2.54. The molecule has 0 spiro atoms. The fraction of sp³-hybridized carbons (Fsp3) is 0.545. The lowest BCUT2D eigenvalue weighted by atomic mass is 10.1. The summed E-state index contributed by atoms with van der Waals surface area (Å²) in [6.07, 6.45) is 2.04. The molecule has 28 heavy (non-hydrogen) atoms. The van der Waals surface area contributed by atoms with E-state index in [0.29, 0.717) is 6.04 Å². The number of aromatic nitrogens is 1. The number of nitrogens with zero attached hydrogens (tertiary/aromatic N) is 4. The third-order valence-corrected chi connectivity index (χ3v) is 5.87. The minimum atomic E-state index is 0.104. The standard InChI is InChI=1S/C22H30N4O2/c1-17(2)26-12-13-28-20(16-26)15-24-8-10-25(11-9-24)22(27)19-6-5-18-4-3-7-23-21(18)14-19/h3-7,14,17,20H,8-13,15-16H2,1-2H3. The van der Waals surface area contributed by atoms with Gasteiger partial charge in [0.05, 0.1) is 18.2 Å². The van der Waals surface area contributed by atoms with E-state index in [1.54, 1.807) is 6.20 Å². The fourth-order valence-electron chi connectivity index (χ4n) is 4.13. The molecule has 2 aliphatic rings. The Hall–Kier alpha value is -2.02. The van der Waals surface area contributed by atoms with Crippen molar-refractivity contribution in [2.45, 2.75) is 26.0 Å². The maximum atomic E-state index is 12.9. The molecule has 0 aliphatic carbocycles. The number of ether oxygens (including phenoxy) is 1. The highest BCUT2D eigenvalue weighted by atomic mass is 16.5. The van der Waals surface area contributed by atoms with Crippen LogP contribution in [0.2, 0.25) is 0 Å². The molecule has 150 valence electrons. The van der Waals surface area contributed by atoms with E-state index in [9.17, 15) is 4.79 Å². The number of amides is 1. The number of pyridine rings is 1. The van der Waals surface area contributed by atoms with Gasteiger partial charge < -0.3 is 9.64 Å². The molecule has 1 unspecified atom stereocenters. The van der Waals surface area contributed by atoms with Crippen LogP contribution >= 0.6 is 0 Å². The van der Waals surface area contributed by atoms with Crippen LogP contribution in [-0.4, -0.2) is 90.2 Å². The molecule has 2 fully saturated rings. The van der Waals surface area contributed by atoms with Crippen molar-refractivity contribution >= 4 is 16.8 Å². The first kappa shape index (κ1) is 19.3. The summed E-state index contributed by atoms with van der Waals surface area (Å²) in [5, 5.41) is 1.06. The van der Waals surface area contributed by atoms with Gasteiger partial charge >= 0.3 is 0 Å². The molecule has 0 radical (unpaired) electrons. The van der Waals surface area contributed by atoms with Gasteiger partial charge in [0.2, 0.25) is 0 Å². The molecule has 6 heteroatoms. The molecule has 0 N–H and O–H groups in total. The van der Waals surface area contributed by atoms with Crippen molar-refractivity contribution in [3.63, 3.8) is 0 Å². The number of rotatable bonds is 4. The van der Waals surface area contributed by atoms with Crippen LogP contribution in [0.4, 0.5) is 0 Å². The van der Waals surface area contributed by atoms with Gasteiger partial charge in [-0.2, -0.15) is 0 Å². The topological polar surface area (TPSA) is 48.9 Å². The van der Waals surface area contributed by atoms with E-state index in [1.807, 2.05) is 35.2 Å². The third-order valence-electron chi connectivity index (χ3n) is 5.87. The Morgan fingerprint density at radius 2 is 2.00 bits per heavy atom. The second kappa shape index (κ2) is 8.55. The predicted octanol–water partition coefficient (Wildman–Crippen LogP) is 2.10. The second-order valence-electron chi connectivity index (χ2n) is 8.09. The summed E-state index contributed by atoms with van der Waals surface area (Å²) in [6.45, 7) is 11.6. The molecule has 0 saturated carbocycles. The molecular formula is C22H30N4O2. The quantitative estimate of drug-likeness (QED) is 0.811. The van der Waals surface area contributed by atoms with Crippen LogP contribution < -0.4 is 0 Å². The summed E-state index contributed by atoms with van der Waals surface area (Å²) < 4.78 is 5.97. The van der Waals surface area contributed by atoms with Crippen LogP contribution in [0.25, 0.3) is 10.9 Å². The Morgan fingerprint density at radius 1 is 1.18 bits per heavy atom. The molecule has 1 atom stereocenters. The highest BCUT2D eigenvalue weighted by Gasteiger charge is 2.27. The maximum absolute atomic E-state index is 12.9. The summed E-state index contributed by atoms with van der Waals surface area (Å²) in [6, 6.07) is 10.3. The van der Waals surface area contributed by atoms with Gasteiger partial charge in [0.25, 0.3) is 5.91 Å². The van der Waals surface area contributed by atoms with Gasteiger partial charge in [-0.3, -0.25) is 19.6 Å². The van der Waals surface area contributed by atoms with E-state index < -0.39 is 0 Å². The molecule has 2 aromatic rings. The van der Waals surface area contributed by atoms with Crippen molar-refractivity contribution in [2.24, 2.45) is 0 Å². The van der Waals surface area contributed by atoms with Gasteiger partial charge in [0.15, 0.2) is 0 Å². The average Bonchev–Trinajstić information content (AvgIpc) is 2.73. The van der Waals surface area contributed by atoms with E-state index in [4.69, 9.17) is 4.74 Å². The number of morpholine rings is 1. The number of piperazine rings is 1.